The van der Waals surface area contributed by atoms with Crippen LogP contribution >= 0.6 is 15.9 Å². The number of methoxy groups -OCH3 is 1. The lowest BCUT2D eigenvalue weighted by Crippen LogP contribution is -2.18. The molecule has 0 bridgehead atoms. The average molecular weight is 453 g/mol. The van der Waals surface area contributed by atoms with Crippen LogP contribution in [0, 0.1) is 0 Å². The number of esters is 1. The van der Waals surface area contributed by atoms with Crippen LogP contribution in [0.1, 0.15) is 26.3 Å². The second-order valence-corrected chi connectivity index (χ2v) is 6.70. The normalized spacial score (nSPS) is 10.6. The quantitative estimate of drug-likeness (QED) is 0.259. The first-order chi connectivity index (χ1) is 14.1. The third-order valence-corrected chi connectivity index (χ3v) is 4.59. The Morgan fingerprint density at radius 1 is 0.966 bits per heavy atom. The summed E-state index contributed by atoms with van der Waals surface area (Å²) in [6, 6.07) is 20.7. The number of carbonyl (C=O) groups is 2. The van der Waals surface area contributed by atoms with Crippen molar-refractivity contribution in [2.75, 3.05) is 7.11 Å². The predicted octanol–water partition coefficient (Wildman–Crippen LogP) is 4.44. The molecule has 7 heteroatoms. The van der Waals surface area contributed by atoms with Crippen molar-refractivity contribution in [3.05, 3.63) is 94.0 Å². The van der Waals surface area contributed by atoms with Gasteiger partial charge in [0.1, 0.15) is 0 Å². The summed E-state index contributed by atoms with van der Waals surface area (Å²) in [6.07, 6.45) is 1.47. The number of halogens is 1. The number of benzene rings is 3. The minimum absolute atomic E-state index is 0.288. The van der Waals surface area contributed by atoms with Gasteiger partial charge in [0.15, 0.2) is 11.5 Å². The van der Waals surface area contributed by atoms with Crippen LogP contribution in [0.3, 0.4) is 0 Å². The molecule has 0 radical (unpaired) electrons. The summed E-state index contributed by atoms with van der Waals surface area (Å²) in [5.41, 5.74) is 4.05. The lowest BCUT2D eigenvalue weighted by Gasteiger charge is -2.10. The van der Waals surface area contributed by atoms with Gasteiger partial charge in [0.05, 0.1) is 24.5 Å². The summed E-state index contributed by atoms with van der Waals surface area (Å²) in [5, 5.41) is 3.96. The topological polar surface area (TPSA) is 77.0 Å². The van der Waals surface area contributed by atoms with E-state index in [2.05, 4.69) is 26.5 Å². The van der Waals surface area contributed by atoms with E-state index in [4.69, 9.17) is 9.47 Å². The molecule has 3 aromatic rings. The Labute approximate surface area is 176 Å². The molecule has 3 aromatic carbocycles. The molecule has 0 atom stereocenters. The molecule has 0 saturated heterocycles. The van der Waals surface area contributed by atoms with Crippen molar-refractivity contribution in [3.8, 4) is 11.5 Å². The van der Waals surface area contributed by atoms with E-state index >= 15 is 0 Å². The molecule has 0 unspecified atom stereocenters. The van der Waals surface area contributed by atoms with Gasteiger partial charge in [-0.25, -0.2) is 10.2 Å². The van der Waals surface area contributed by atoms with Gasteiger partial charge in [-0.15, -0.1) is 0 Å². The van der Waals surface area contributed by atoms with Crippen molar-refractivity contribution < 1.29 is 19.1 Å². The Kier molecular flexibility index (Phi) is 6.76. The maximum Gasteiger partial charge on any atom is 0.343 e. The maximum atomic E-state index is 12.2. The minimum Gasteiger partial charge on any atom is -0.493 e. The number of hydrazone groups is 1. The standard InChI is InChI=1S/C22H17BrN2O4/c1-28-20-13-15(14-24-25-21(26)17-9-5-6-10-18(17)23)11-12-19(20)29-22(27)16-7-3-2-4-8-16/h2-14H,1H3,(H,25,26). The fourth-order valence-corrected chi connectivity index (χ4v) is 2.92. The van der Waals surface area contributed by atoms with E-state index in [1.807, 2.05) is 12.1 Å². The molecule has 0 heterocycles. The smallest absolute Gasteiger partial charge is 0.343 e. The van der Waals surface area contributed by atoms with Gasteiger partial charge >= 0.3 is 5.97 Å². The van der Waals surface area contributed by atoms with Crippen LogP contribution in [0.25, 0.3) is 0 Å². The summed E-state index contributed by atoms with van der Waals surface area (Å²) < 4.78 is 11.4. The number of nitrogens with one attached hydrogen (secondary N) is 1. The number of amides is 1. The van der Waals surface area contributed by atoms with Gasteiger partial charge in [-0.3, -0.25) is 4.79 Å². The largest absolute Gasteiger partial charge is 0.493 e. The van der Waals surface area contributed by atoms with Crippen LogP contribution in [0.2, 0.25) is 0 Å². The number of ether oxygens (including phenoxy) is 2. The monoisotopic (exact) mass is 452 g/mol. The molecule has 0 aliphatic rings. The van der Waals surface area contributed by atoms with Crippen molar-refractivity contribution in [3.63, 3.8) is 0 Å². The van der Waals surface area contributed by atoms with E-state index in [1.165, 1.54) is 13.3 Å². The predicted molar refractivity (Wildman–Crippen MR) is 114 cm³/mol. The van der Waals surface area contributed by atoms with Gasteiger partial charge in [0.2, 0.25) is 0 Å². The summed E-state index contributed by atoms with van der Waals surface area (Å²) >= 11 is 3.33. The summed E-state index contributed by atoms with van der Waals surface area (Å²) in [4.78, 5) is 24.4. The molecule has 3 rings (SSSR count). The molecule has 0 aromatic heterocycles. The Morgan fingerprint density at radius 3 is 2.41 bits per heavy atom. The average Bonchev–Trinajstić information content (AvgIpc) is 2.75. The summed E-state index contributed by atoms with van der Waals surface area (Å²) in [5.74, 6) is -0.161. The Bertz CT molecular complexity index is 1050. The molecule has 1 N–H and O–H groups in total. The van der Waals surface area contributed by atoms with E-state index in [0.29, 0.717) is 26.9 Å². The summed E-state index contributed by atoms with van der Waals surface area (Å²) in [7, 11) is 1.48. The first kappa shape index (κ1) is 20.3. The molecule has 1 amide bonds. The third kappa shape index (κ3) is 5.30. The van der Waals surface area contributed by atoms with Crippen molar-refractivity contribution >= 4 is 34.0 Å². The van der Waals surface area contributed by atoms with E-state index in [-0.39, 0.29) is 11.7 Å². The first-order valence-electron chi connectivity index (χ1n) is 8.61. The second kappa shape index (κ2) is 9.66. The highest BCUT2D eigenvalue weighted by molar-refractivity contribution is 9.10. The van der Waals surface area contributed by atoms with Crippen molar-refractivity contribution in [2.24, 2.45) is 5.10 Å². The van der Waals surface area contributed by atoms with Crippen molar-refractivity contribution in [2.45, 2.75) is 0 Å². The zero-order valence-corrected chi connectivity index (χ0v) is 17.0. The van der Waals surface area contributed by atoms with E-state index in [9.17, 15) is 9.59 Å². The highest BCUT2D eigenvalue weighted by Gasteiger charge is 2.12. The number of carbonyl (C=O) groups excluding carboxylic acids is 2. The van der Waals surface area contributed by atoms with Crippen LogP contribution < -0.4 is 14.9 Å². The molecule has 0 saturated carbocycles. The van der Waals surface area contributed by atoms with Gasteiger partial charge in [0, 0.05) is 4.47 Å². The van der Waals surface area contributed by atoms with Gasteiger partial charge in [-0.05, 0) is 64.0 Å². The van der Waals surface area contributed by atoms with E-state index in [1.54, 1.807) is 60.7 Å². The molecule has 0 spiro atoms. The fraction of sp³-hybridized carbons (Fsp3) is 0.0455. The van der Waals surface area contributed by atoms with Crippen molar-refractivity contribution in [1.29, 1.82) is 0 Å². The Balaban J connectivity index is 1.68. The number of rotatable bonds is 6. The van der Waals surface area contributed by atoms with Gasteiger partial charge < -0.3 is 9.47 Å². The molecular weight excluding hydrogens is 436 g/mol. The summed E-state index contributed by atoms with van der Waals surface area (Å²) in [6.45, 7) is 0. The number of hydrogen-bond donors (Lipinski definition) is 1. The maximum absolute atomic E-state index is 12.2. The van der Waals surface area contributed by atoms with Crippen LogP contribution in [0.15, 0.2) is 82.4 Å². The number of hydrogen-bond acceptors (Lipinski definition) is 5. The van der Waals surface area contributed by atoms with Crippen LogP contribution in [0.4, 0.5) is 0 Å². The molecule has 0 aliphatic carbocycles. The fourth-order valence-electron chi connectivity index (χ4n) is 2.45. The lowest BCUT2D eigenvalue weighted by molar-refractivity contribution is 0.0729. The van der Waals surface area contributed by atoms with E-state index < -0.39 is 5.97 Å². The molecule has 29 heavy (non-hydrogen) atoms. The molecule has 0 aliphatic heterocycles. The van der Waals surface area contributed by atoms with Crippen LogP contribution in [-0.4, -0.2) is 25.2 Å². The van der Waals surface area contributed by atoms with Gasteiger partial charge in [-0.2, -0.15) is 5.10 Å². The van der Waals surface area contributed by atoms with Crippen LogP contribution in [-0.2, 0) is 0 Å². The number of nitrogens with zero attached hydrogens (tertiary/aromatic N) is 1. The zero-order valence-electron chi connectivity index (χ0n) is 15.5. The third-order valence-electron chi connectivity index (χ3n) is 3.90. The lowest BCUT2D eigenvalue weighted by atomic mass is 10.2. The molecule has 0 fully saturated rings. The van der Waals surface area contributed by atoms with E-state index in [0.717, 1.165) is 0 Å². The van der Waals surface area contributed by atoms with Crippen LogP contribution in [0.5, 0.6) is 11.5 Å². The highest BCUT2D eigenvalue weighted by atomic mass is 79.9. The van der Waals surface area contributed by atoms with Gasteiger partial charge in [-0.1, -0.05) is 30.3 Å². The Morgan fingerprint density at radius 2 is 1.69 bits per heavy atom. The molecule has 6 nitrogen and oxygen atoms in total. The minimum atomic E-state index is -0.481. The highest BCUT2D eigenvalue weighted by Crippen LogP contribution is 2.28. The Hall–Kier alpha value is -3.45. The molecular formula is C22H17BrN2O4. The first-order valence-corrected chi connectivity index (χ1v) is 9.41. The second-order valence-electron chi connectivity index (χ2n) is 5.84. The van der Waals surface area contributed by atoms with Crippen molar-refractivity contribution in [1.82, 2.24) is 5.43 Å². The molecule has 146 valence electrons. The van der Waals surface area contributed by atoms with Gasteiger partial charge in [0.25, 0.3) is 5.91 Å². The SMILES string of the molecule is COc1cc(C=NNC(=O)c2ccccc2Br)ccc1OC(=O)c1ccccc1. The zero-order chi connectivity index (χ0) is 20.6.